The summed E-state index contributed by atoms with van der Waals surface area (Å²) >= 11 is 3.22. The van der Waals surface area contributed by atoms with Crippen molar-refractivity contribution >= 4 is 34.7 Å². The van der Waals surface area contributed by atoms with Crippen molar-refractivity contribution in [1.82, 2.24) is 9.80 Å². The van der Waals surface area contributed by atoms with Gasteiger partial charge in [-0.1, -0.05) is 0 Å². The summed E-state index contributed by atoms with van der Waals surface area (Å²) in [5, 5.41) is 8.95. The molecule has 0 radical (unpaired) electrons. The van der Waals surface area contributed by atoms with Crippen molar-refractivity contribution in [3.63, 3.8) is 0 Å². The Hall–Kier alpha value is -1.94. The second kappa shape index (κ2) is 11.1. The summed E-state index contributed by atoms with van der Waals surface area (Å²) in [7, 11) is 2.14. The molecule has 0 saturated carbocycles. The topological polar surface area (TPSA) is 79.3 Å². The van der Waals surface area contributed by atoms with Gasteiger partial charge in [0.05, 0.1) is 26.4 Å². The van der Waals surface area contributed by atoms with Gasteiger partial charge >= 0.3 is 12.1 Å². The number of likely N-dealkylation sites (N-methyl/N-ethyl adjacent to an activating group) is 1. The minimum atomic E-state index is -0.294. The number of carbonyl (C=O) groups is 2. The Bertz CT molecular complexity index is 908. The second-order valence-electron chi connectivity index (χ2n) is 7.46. The van der Waals surface area contributed by atoms with Crippen molar-refractivity contribution in [3.05, 3.63) is 42.8 Å². The Balaban J connectivity index is 0.000000194. The minimum Gasteiger partial charge on any atom is -0.462 e. The lowest BCUT2D eigenvalue weighted by Gasteiger charge is -2.25. The van der Waals surface area contributed by atoms with E-state index >= 15 is 0 Å². The van der Waals surface area contributed by atoms with Crippen LogP contribution in [0.5, 0.6) is 0 Å². The zero-order valence-electron chi connectivity index (χ0n) is 18.3. The first kappa shape index (κ1) is 23.7. The first-order valence-corrected chi connectivity index (χ1v) is 12.2. The summed E-state index contributed by atoms with van der Waals surface area (Å²) in [6.45, 7) is 7.85. The molecule has 7 nitrogen and oxygen atoms in total. The molecule has 4 heterocycles. The van der Waals surface area contributed by atoms with Crippen molar-refractivity contribution < 1.29 is 24.2 Å². The van der Waals surface area contributed by atoms with E-state index in [-0.39, 0.29) is 18.7 Å². The average Bonchev–Trinajstić information content (AvgIpc) is 3.37. The van der Waals surface area contributed by atoms with E-state index in [1.807, 2.05) is 6.07 Å². The van der Waals surface area contributed by atoms with Crippen molar-refractivity contribution in [2.24, 2.45) is 0 Å². The van der Waals surface area contributed by atoms with Gasteiger partial charge in [0.25, 0.3) is 0 Å². The molecule has 0 fully saturated rings. The van der Waals surface area contributed by atoms with E-state index in [2.05, 4.69) is 18.0 Å². The summed E-state index contributed by atoms with van der Waals surface area (Å²) in [5.74, 6) is -0.287. The number of thiophene rings is 2. The normalized spacial score (nSPS) is 15.4. The van der Waals surface area contributed by atoms with Gasteiger partial charge in [0.15, 0.2) is 0 Å². The summed E-state index contributed by atoms with van der Waals surface area (Å²) in [6.07, 6.45) is 1.62. The molecule has 0 aromatic carbocycles. The molecule has 170 valence electrons. The highest BCUT2D eigenvalue weighted by molar-refractivity contribution is 7.14. The van der Waals surface area contributed by atoms with Crippen LogP contribution in [0.25, 0.3) is 0 Å². The van der Waals surface area contributed by atoms with Crippen LogP contribution in [0.15, 0.2) is 12.1 Å². The number of aliphatic hydroxyl groups is 1. The number of carbonyl (C=O) groups excluding carboxylic acids is 2. The number of nitrogens with zero attached hydrogens (tertiary/aromatic N) is 2. The number of aliphatic hydroxyl groups excluding tert-OH is 1. The van der Waals surface area contributed by atoms with Gasteiger partial charge in [0, 0.05) is 34.3 Å². The highest BCUT2D eigenvalue weighted by atomic mass is 32.1. The number of esters is 1. The molecule has 0 saturated heterocycles. The molecule has 2 aliphatic rings. The van der Waals surface area contributed by atoms with Crippen molar-refractivity contribution in [2.75, 3.05) is 33.4 Å². The van der Waals surface area contributed by atoms with Gasteiger partial charge in [-0.15, -0.1) is 22.7 Å². The molecule has 0 unspecified atom stereocenters. The van der Waals surface area contributed by atoms with E-state index in [1.165, 1.54) is 21.8 Å². The molecule has 0 aliphatic carbocycles. The maximum absolute atomic E-state index is 11.7. The number of ether oxygens (including phenoxy) is 2. The minimum absolute atomic E-state index is 0.196. The van der Waals surface area contributed by atoms with Crippen LogP contribution in [0.2, 0.25) is 0 Å². The van der Waals surface area contributed by atoms with Gasteiger partial charge < -0.3 is 24.4 Å². The highest BCUT2D eigenvalue weighted by Crippen LogP contribution is 2.29. The third kappa shape index (κ3) is 6.06. The first-order chi connectivity index (χ1) is 14.9. The Labute approximate surface area is 191 Å². The third-order valence-electron chi connectivity index (χ3n) is 5.13. The second-order valence-corrected chi connectivity index (χ2v) is 9.82. The molecule has 1 N–H and O–H groups in total. The average molecular weight is 467 g/mol. The third-order valence-corrected chi connectivity index (χ3v) is 7.57. The van der Waals surface area contributed by atoms with E-state index in [1.54, 1.807) is 30.1 Å². The van der Waals surface area contributed by atoms with E-state index in [9.17, 15) is 9.59 Å². The summed E-state index contributed by atoms with van der Waals surface area (Å²) < 4.78 is 9.97. The molecule has 0 atom stereocenters. The Morgan fingerprint density at radius 1 is 1.00 bits per heavy atom. The van der Waals surface area contributed by atoms with Gasteiger partial charge in [-0.2, -0.15) is 0 Å². The standard InChI is InChI=1S/C13H17NO4S.C9H13NOS/c1-3-17-12(15)11-7-9-8-14(13(16)18-4-2)6-5-10(9)19-11;1-10-3-2-9-7(5-10)4-8(6-11)12-9/h7H,3-6,8H2,1-2H3;4,11H,2-3,5-6H2,1H3. The van der Waals surface area contributed by atoms with E-state index in [0.29, 0.717) is 31.2 Å². The fraction of sp³-hybridized carbons (Fsp3) is 0.545. The fourth-order valence-corrected chi connectivity index (χ4v) is 5.71. The van der Waals surface area contributed by atoms with Crippen LogP contribution in [-0.4, -0.2) is 60.3 Å². The number of hydrogen-bond acceptors (Lipinski definition) is 8. The van der Waals surface area contributed by atoms with Gasteiger partial charge in [-0.25, -0.2) is 9.59 Å². The Morgan fingerprint density at radius 2 is 1.68 bits per heavy atom. The molecule has 0 bridgehead atoms. The largest absolute Gasteiger partial charge is 0.462 e. The van der Waals surface area contributed by atoms with Gasteiger partial charge in [-0.3, -0.25) is 0 Å². The molecule has 9 heteroatoms. The molecule has 2 aromatic rings. The fourth-order valence-electron chi connectivity index (χ4n) is 3.62. The molecule has 4 rings (SSSR count). The van der Waals surface area contributed by atoms with Crippen molar-refractivity contribution in [1.29, 1.82) is 0 Å². The maximum atomic E-state index is 11.7. The highest BCUT2D eigenvalue weighted by Gasteiger charge is 2.25. The van der Waals surface area contributed by atoms with Crippen molar-refractivity contribution in [2.45, 2.75) is 46.4 Å². The zero-order chi connectivity index (χ0) is 22.4. The molecular formula is C22H30N2O5S2. The number of rotatable bonds is 4. The van der Waals surface area contributed by atoms with Crippen molar-refractivity contribution in [3.8, 4) is 0 Å². The summed E-state index contributed by atoms with van der Waals surface area (Å²) in [6, 6.07) is 3.96. The lowest BCUT2D eigenvalue weighted by Crippen LogP contribution is -2.35. The predicted molar refractivity (Wildman–Crippen MR) is 122 cm³/mol. The van der Waals surface area contributed by atoms with Crippen LogP contribution < -0.4 is 0 Å². The molecule has 31 heavy (non-hydrogen) atoms. The van der Waals surface area contributed by atoms with E-state index in [0.717, 1.165) is 41.2 Å². The Morgan fingerprint density at radius 3 is 2.39 bits per heavy atom. The molecule has 1 amide bonds. The monoisotopic (exact) mass is 466 g/mol. The first-order valence-electron chi connectivity index (χ1n) is 10.5. The van der Waals surface area contributed by atoms with E-state index < -0.39 is 0 Å². The van der Waals surface area contributed by atoms with Gasteiger partial charge in [-0.05, 0) is 57.0 Å². The molecule has 0 spiro atoms. The smallest absolute Gasteiger partial charge is 0.410 e. The molecule has 2 aliphatic heterocycles. The summed E-state index contributed by atoms with van der Waals surface area (Å²) in [4.78, 5) is 31.6. The summed E-state index contributed by atoms with van der Waals surface area (Å²) in [5.41, 5.74) is 2.44. The molecular weight excluding hydrogens is 436 g/mol. The number of fused-ring (bicyclic) bond motifs is 2. The van der Waals surface area contributed by atoms with Crippen LogP contribution in [0.4, 0.5) is 4.79 Å². The van der Waals surface area contributed by atoms with Crippen LogP contribution in [0, 0.1) is 0 Å². The van der Waals surface area contributed by atoms with Crippen LogP contribution in [0.3, 0.4) is 0 Å². The van der Waals surface area contributed by atoms with E-state index in [4.69, 9.17) is 14.6 Å². The SMILES string of the molecule is CCOC(=O)c1cc2c(s1)CCN(C(=O)OCC)C2.CN1CCc2sc(CO)cc2C1. The van der Waals surface area contributed by atoms with Gasteiger partial charge in [0.1, 0.15) is 4.88 Å². The number of hydrogen-bond donors (Lipinski definition) is 1. The van der Waals surface area contributed by atoms with Crippen LogP contribution >= 0.6 is 22.7 Å². The maximum Gasteiger partial charge on any atom is 0.410 e. The van der Waals surface area contributed by atoms with Crippen LogP contribution in [-0.2, 0) is 42.0 Å². The molecule has 2 aromatic heterocycles. The van der Waals surface area contributed by atoms with Crippen LogP contribution in [0.1, 0.15) is 49.3 Å². The van der Waals surface area contributed by atoms with Gasteiger partial charge in [0.2, 0.25) is 0 Å². The zero-order valence-corrected chi connectivity index (χ0v) is 19.9. The Kier molecular flexibility index (Phi) is 8.48. The predicted octanol–water partition coefficient (Wildman–Crippen LogP) is 3.67. The number of amides is 1. The quantitative estimate of drug-likeness (QED) is 0.693. The lowest BCUT2D eigenvalue weighted by molar-refractivity contribution is 0.0532. The lowest BCUT2D eigenvalue weighted by atomic mass is 10.1.